The van der Waals surface area contributed by atoms with Gasteiger partial charge in [0.25, 0.3) is 0 Å². The molecule has 1 fully saturated rings. The second-order valence-electron chi connectivity index (χ2n) is 6.39. The fourth-order valence-electron chi connectivity index (χ4n) is 3.11. The van der Waals surface area contributed by atoms with Gasteiger partial charge in [-0.15, -0.1) is 0 Å². The molecule has 1 heterocycles. The molecule has 0 amide bonds. The van der Waals surface area contributed by atoms with Crippen LogP contribution >= 0.6 is 35.4 Å². The average Bonchev–Trinajstić information content (AvgIpc) is 2.58. The van der Waals surface area contributed by atoms with Crippen molar-refractivity contribution in [2.75, 3.05) is 29.9 Å². The lowest BCUT2D eigenvalue weighted by molar-refractivity contribution is 0.342. The van der Waals surface area contributed by atoms with E-state index in [2.05, 4.69) is 53.2 Å². The van der Waals surface area contributed by atoms with Gasteiger partial charge in [-0.3, -0.25) is 0 Å². The number of anilines is 2. The maximum absolute atomic E-state index is 6.07. The summed E-state index contributed by atoms with van der Waals surface area (Å²) in [4.78, 5) is 4.64. The molecule has 0 radical (unpaired) electrons. The smallest absolute Gasteiger partial charge is 0.173 e. The quantitative estimate of drug-likeness (QED) is 0.705. The summed E-state index contributed by atoms with van der Waals surface area (Å²) in [6.45, 7) is 7.05. The lowest BCUT2D eigenvalue weighted by Gasteiger charge is -2.42. The molecule has 1 atom stereocenters. The van der Waals surface area contributed by atoms with E-state index in [1.54, 1.807) is 12.1 Å². The third-order valence-electron chi connectivity index (χ3n) is 4.42. The van der Waals surface area contributed by atoms with Crippen molar-refractivity contribution in [3.63, 3.8) is 0 Å². The van der Waals surface area contributed by atoms with Gasteiger partial charge < -0.3 is 15.1 Å². The highest BCUT2D eigenvalue weighted by molar-refractivity contribution is 7.80. The molecule has 1 N–H and O–H groups in total. The first-order chi connectivity index (χ1) is 11.9. The number of benzene rings is 2. The minimum absolute atomic E-state index is 0.379. The number of thiocarbonyl (C=S) groups is 1. The van der Waals surface area contributed by atoms with Crippen LogP contribution in [-0.2, 0) is 0 Å². The topological polar surface area (TPSA) is 18.5 Å². The molecule has 6 heteroatoms. The first kappa shape index (κ1) is 18.3. The van der Waals surface area contributed by atoms with Crippen molar-refractivity contribution in [3.05, 3.63) is 58.1 Å². The molecule has 3 nitrogen and oxygen atoms in total. The number of piperazine rings is 1. The third kappa shape index (κ3) is 4.38. The zero-order chi connectivity index (χ0) is 18.0. The molecule has 2 aromatic rings. The minimum Gasteiger partial charge on any atom is -0.365 e. The second-order valence-corrected chi connectivity index (χ2v) is 7.59. The number of hydrogen-bond donors (Lipinski definition) is 1. The summed E-state index contributed by atoms with van der Waals surface area (Å²) < 4.78 is 0. The molecular weight excluding hydrogens is 373 g/mol. The molecule has 0 aliphatic carbocycles. The van der Waals surface area contributed by atoms with Crippen LogP contribution in [0.2, 0.25) is 10.0 Å². The van der Waals surface area contributed by atoms with Crippen LogP contribution in [0.4, 0.5) is 11.4 Å². The van der Waals surface area contributed by atoms with E-state index in [-0.39, 0.29) is 0 Å². The summed E-state index contributed by atoms with van der Waals surface area (Å²) >= 11 is 17.6. The lowest BCUT2D eigenvalue weighted by Crippen LogP contribution is -2.54. The summed E-state index contributed by atoms with van der Waals surface area (Å²) in [7, 11) is 0. The van der Waals surface area contributed by atoms with E-state index in [1.165, 1.54) is 11.3 Å². The van der Waals surface area contributed by atoms with E-state index < -0.39 is 0 Å². The zero-order valence-corrected chi connectivity index (χ0v) is 16.6. The first-order valence-electron chi connectivity index (χ1n) is 8.28. The molecule has 2 aromatic carbocycles. The first-order valence-corrected chi connectivity index (χ1v) is 9.45. The van der Waals surface area contributed by atoms with Crippen LogP contribution in [0, 0.1) is 6.92 Å². The van der Waals surface area contributed by atoms with E-state index in [4.69, 9.17) is 35.4 Å². The van der Waals surface area contributed by atoms with Gasteiger partial charge in [-0.25, -0.2) is 0 Å². The van der Waals surface area contributed by atoms with E-state index in [1.807, 2.05) is 6.07 Å². The Morgan fingerprint density at radius 1 is 1.12 bits per heavy atom. The molecule has 0 aromatic heterocycles. The minimum atomic E-state index is 0.379. The van der Waals surface area contributed by atoms with E-state index in [0.29, 0.717) is 21.2 Å². The Kier molecular flexibility index (Phi) is 5.72. The van der Waals surface area contributed by atoms with Gasteiger partial charge in [-0.1, -0.05) is 35.3 Å². The van der Waals surface area contributed by atoms with Gasteiger partial charge in [-0.2, -0.15) is 0 Å². The van der Waals surface area contributed by atoms with Gasteiger partial charge >= 0.3 is 0 Å². The largest absolute Gasteiger partial charge is 0.365 e. The number of halogens is 2. The van der Waals surface area contributed by atoms with Gasteiger partial charge in [0.1, 0.15) is 0 Å². The van der Waals surface area contributed by atoms with Crippen molar-refractivity contribution in [1.82, 2.24) is 4.90 Å². The van der Waals surface area contributed by atoms with E-state index in [9.17, 15) is 0 Å². The zero-order valence-electron chi connectivity index (χ0n) is 14.3. The van der Waals surface area contributed by atoms with E-state index in [0.717, 1.165) is 25.3 Å². The summed E-state index contributed by atoms with van der Waals surface area (Å²) in [5, 5.41) is 5.04. The molecule has 1 aliphatic rings. The molecular formula is C19H21Cl2N3S. The van der Waals surface area contributed by atoms with Gasteiger partial charge in [0.15, 0.2) is 5.11 Å². The Morgan fingerprint density at radius 2 is 1.92 bits per heavy atom. The number of rotatable bonds is 2. The van der Waals surface area contributed by atoms with Crippen molar-refractivity contribution in [2.24, 2.45) is 0 Å². The highest BCUT2D eigenvalue weighted by atomic mass is 35.5. The number of nitrogens with zero attached hydrogens (tertiary/aromatic N) is 2. The second kappa shape index (κ2) is 7.81. The van der Waals surface area contributed by atoms with Crippen LogP contribution in [0.25, 0.3) is 0 Å². The monoisotopic (exact) mass is 393 g/mol. The molecule has 0 unspecified atom stereocenters. The van der Waals surface area contributed by atoms with Crippen molar-refractivity contribution in [2.45, 2.75) is 19.9 Å². The fraction of sp³-hybridized carbons (Fsp3) is 0.316. The summed E-state index contributed by atoms with van der Waals surface area (Å²) in [6.07, 6.45) is 0. The maximum Gasteiger partial charge on any atom is 0.173 e. The van der Waals surface area contributed by atoms with Gasteiger partial charge in [0, 0.05) is 37.1 Å². The van der Waals surface area contributed by atoms with Crippen LogP contribution in [-0.4, -0.2) is 35.7 Å². The normalized spacial score (nSPS) is 17.5. The molecule has 1 saturated heterocycles. The number of aryl methyl sites for hydroxylation is 1. The highest BCUT2D eigenvalue weighted by Gasteiger charge is 2.25. The fourth-order valence-corrected chi connectivity index (χ4v) is 3.69. The van der Waals surface area contributed by atoms with Gasteiger partial charge in [0.2, 0.25) is 0 Å². The molecule has 3 rings (SSSR count). The standard InChI is InChI=1S/C19H21Cl2N3S/c1-13-4-3-5-16(10-13)24-9-8-23(12-14(24)2)19(25)22-15-6-7-17(20)18(21)11-15/h3-7,10-11,14H,8-9,12H2,1-2H3,(H,22,25)/t14-/m1/s1. The predicted molar refractivity (Wildman–Crippen MR) is 112 cm³/mol. The predicted octanol–water partition coefficient (Wildman–Crippen LogP) is 5.21. The summed E-state index contributed by atoms with van der Waals surface area (Å²) in [6, 6.07) is 14.5. The Balaban J connectivity index is 1.64. The highest BCUT2D eigenvalue weighted by Crippen LogP contribution is 2.26. The van der Waals surface area contributed by atoms with Gasteiger partial charge in [0.05, 0.1) is 10.0 Å². The average molecular weight is 394 g/mol. The van der Waals surface area contributed by atoms with Gasteiger partial charge in [-0.05, 0) is 62.0 Å². The van der Waals surface area contributed by atoms with Crippen LogP contribution in [0.1, 0.15) is 12.5 Å². The van der Waals surface area contributed by atoms with Crippen molar-refractivity contribution < 1.29 is 0 Å². The van der Waals surface area contributed by atoms with Crippen LogP contribution in [0.3, 0.4) is 0 Å². The maximum atomic E-state index is 6.07. The summed E-state index contributed by atoms with van der Waals surface area (Å²) in [5.74, 6) is 0. The molecule has 0 bridgehead atoms. The van der Waals surface area contributed by atoms with Crippen molar-refractivity contribution in [3.8, 4) is 0 Å². The van der Waals surface area contributed by atoms with E-state index >= 15 is 0 Å². The Hall–Kier alpha value is -1.49. The summed E-state index contributed by atoms with van der Waals surface area (Å²) in [5.41, 5.74) is 3.41. The van der Waals surface area contributed by atoms with Crippen LogP contribution < -0.4 is 10.2 Å². The number of hydrogen-bond acceptors (Lipinski definition) is 2. The third-order valence-corrected chi connectivity index (χ3v) is 5.52. The van der Waals surface area contributed by atoms with Crippen molar-refractivity contribution >= 4 is 51.9 Å². The van der Waals surface area contributed by atoms with Crippen molar-refractivity contribution in [1.29, 1.82) is 0 Å². The Labute approximate surface area is 164 Å². The SMILES string of the molecule is Cc1cccc(N2CCN(C(=S)Nc3ccc(Cl)c(Cl)c3)C[C@H]2C)c1. The molecule has 0 saturated carbocycles. The van der Waals surface area contributed by atoms with Crippen LogP contribution in [0.5, 0.6) is 0 Å². The molecule has 0 spiro atoms. The molecule has 132 valence electrons. The number of nitrogens with one attached hydrogen (secondary N) is 1. The Morgan fingerprint density at radius 3 is 2.60 bits per heavy atom. The molecule has 25 heavy (non-hydrogen) atoms. The lowest BCUT2D eigenvalue weighted by atomic mass is 10.1. The van der Waals surface area contributed by atoms with Crippen LogP contribution in [0.15, 0.2) is 42.5 Å². The molecule has 1 aliphatic heterocycles. The Bertz CT molecular complexity index is 781.